The molecule has 1 aliphatic rings. The second-order valence-corrected chi connectivity index (χ2v) is 3.78. The van der Waals surface area contributed by atoms with Crippen molar-refractivity contribution in [2.45, 2.75) is 26.6 Å². The van der Waals surface area contributed by atoms with Crippen LogP contribution in [-0.2, 0) is 14.3 Å². The predicted octanol–water partition coefficient (Wildman–Crippen LogP) is 0.207. The van der Waals surface area contributed by atoms with E-state index in [1.54, 1.807) is 0 Å². The van der Waals surface area contributed by atoms with Crippen LogP contribution in [0.4, 0.5) is 0 Å². The first-order valence-electron chi connectivity index (χ1n) is 5.98. The lowest BCUT2D eigenvalue weighted by Crippen LogP contribution is -2.39. The number of hydrogen-bond acceptors (Lipinski definition) is 4. The number of ether oxygens (including phenoxy) is 2. The van der Waals surface area contributed by atoms with Gasteiger partial charge in [-0.3, -0.25) is 9.69 Å². The molecule has 0 spiro atoms. The van der Waals surface area contributed by atoms with Gasteiger partial charge in [-0.05, 0) is 20.3 Å². The lowest BCUT2D eigenvalue weighted by atomic mass is 10.4. The van der Waals surface area contributed by atoms with Gasteiger partial charge in [-0.25, -0.2) is 0 Å². The Labute approximate surface area is 97.1 Å². The molecule has 1 N–H and O–H groups in total. The molecule has 1 rings (SSSR count). The molecular weight excluding hydrogens is 208 g/mol. The highest BCUT2D eigenvalue weighted by molar-refractivity contribution is 5.78. The van der Waals surface area contributed by atoms with Crippen LogP contribution in [0.2, 0.25) is 0 Å². The summed E-state index contributed by atoms with van der Waals surface area (Å²) in [6, 6.07) is 0. The smallest absolute Gasteiger partial charge is 0.234 e. The van der Waals surface area contributed by atoms with E-state index in [2.05, 4.69) is 10.2 Å². The van der Waals surface area contributed by atoms with E-state index in [4.69, 9.17) is 9.47 Å². The van der Waals surface area contributed by atoms with Crippen LogP contribution in [0.15, 0.2) is 0 Å². The van der Waals surface area contributed by atoms with Crippen LogP contribution >= 0.6 is 0 Å². The SMILES string of the molecule is CCOC(CN1CCCNC(=O)C1)OCC. The Kier molecular flexibility index (Phi) is 6.37. The van der Waals surface area contributed by atoms with Gasteiger partial charge in [0.15, 0.2) is 6.29 Å². The average molecular weight is 230 g/mol. The predicted molar refractivity (Wildman–Crippen MR) is 61.1 cm³/mol. The Morgan fingerprint density at radius 3 is 2.69 bits per heavy atom. The number of hydrogen-bond donors (Lipinski definition) is 1. The molecule has 0 radical (unpaired) electrons. The first-order valence-corrected chi connectivity index (χ1v) is 5.98. The first kappa shape index (κ1) is 13.4. The van der Waals surface area contributed by atoms with Crippen LogP contribution in [-0.4, -0.2) is 56.5 Å². The number of nitrogens with zero attached hydrogens (tertiary/aromatic N) is 1. The van der Waals surface area contributed by atoms with Crippen molar-refractivity contribution in [2.75, 3.05) is 39.4 Å². The summed E-state index contributed by atoms with van der Waals surface area (Å²) in [6.45, 7) is 7.93. The molecule has 1 aliphatic heterocycles. The fourth-order valence-electron chi connectivity index (χ4n) is 1.76. The summed E-state index contributed by atoms with van der Waals surface area (Å²) in [7, 11) is 0. The van der Waals surface area contributed by atoms with Gasteiger partial charge >= 0.3 is 0 Å². The van der Waals surface area contributed by atoms with E-state index in [0.717, 1.165) is 19.5 Å². The molecule has 0 aromatic rings. The van der Waals surface area contributed by atoms with Gasteiger partial charge in [0, 0.05) is 26.3 Å². The third-order valence-corrected chi connectivity index (χ3v) is 2.45. The van der Waals surface area contributed by atoms with E-state index in [-0.39, 0.29) is 12.2 Å². The highest BCUT2D eigenvalue weighted by Crippen LogP contribution is 2.02. The van der Waals surface area contributed by atoms with E-state index < -0.39 is 0 Å². The van der Waals surface area contributed by atoms with Gasteiger partial charge in [-0.1, -0.05) is 0 Å². The summed E-state index contributed by atoms with van der Waals surface area (Å²) in [5, 5.41) is 2.85. The summed E-state index contributed by atoms with van der Waals surface area (Å²) < 4.78 is 10.9. The largest absolute Gasteiger partial charge is 0.355 e. The van der Waals surface area contributed by atoms with Crippen LogP contribution in [0, 0.1) is 0 Å². The van der Waals surface area contributed by atoms with Gasteiger partial charge in [0.05, 0.1) is 13.1 Å². The van der Waals surface area contributed by atoms with Crippen LogP contribution in [0.25, 0.3) is 0 Å². The van der Waals surface area contributed by atoms with Crippen molar-refractivity contribution in [3.63, 3.8) is 0 Å². The second-order valence-electron chi connectivity index (χ2n) is 3.78. The van der Waals surface area contributed by atoms with E-state index >= 15 is 0 Å². The number of rotatable bonds is 6. The Hall–Kier alpha value is -0.650. The maximum atomic E-state index is 11.4. The van der Waals surface area contributed by atoms with E-state index in [1.165, 1.54) is 0 Å². The topological polar surface area (TPSA) is 50.8 Å². The van der Waals surface area contributed by atoms with E-state index in [9.17, 15) is 4.79 Å². The van der Waals surface area contributed by atoms with Gasteiger partial charge in [0.1, 0.15) is 0 Å². The molecule has 1 saturated heterocycles. The van der Waals surface area contributed by atoms with Crippen LogP contribution < -0.4 is 5.32 Å². The van der Waals surface area contributed by atoms with Crippen molar-refractivity contribution in [2.24, 2.45) is 0 Å². The molecule has 1 heterocycles. The number of nitrogens with one attached hydrogen (secondary N) is 1. The summed E-state index contributed by atoms with van der Waals surface area (Å²) in [4.78, 5) is 13.4. The zero-order valence-electron chi connectivity index (χ0n) is 10.2. The normalized spacial score (nSPS) is 18.6. The number of amides is 1. The van der Waals surface area contributed by atoms with Gasteiger partial charge in [0.2, 0.25) is 5.91 Å². The minimum absolute atomic E-state index is 0.0873. The highest BCUT2D eigenvalue weighted by atomic mass is 16.7. The minimum Gasteiger partial charge on any atom is -0.355 e. The molecule has 0 bridgehead atoms. The summed E-state index contributed by atoms with van der Waals surface area (Å²) in [5.74, 6) is 0.0873. The molecule has 0 atom stereocenters. The van der Waals surface area contributed by atoms with E-state index in [0.29, 0.717) is 26.3 Å². The lowest BCUT2D eigenvalue weighted by molar-refractivity contribution is -0.148. The third kappa shape index (κ3) is 4.92. The Morgan fingerprint density at radius 1 is 1.38 bits per heavy atom. The molecule has 1 amide bonds. The monoisotopic (exact) mass is 230 g/mol. The fraction of sp³-hybridized carbons (Fsp3) is 0.909. The van der Waals surface area contributed by atoms with Gasteiger partial charge in [-0.2, -0.15) is 0 Å². The zero-order valence-corrected chi connectivity index (χ0v) is 10.2. The Balaban J connectivity index is 2.38. The van der Waals surface area contributed by atoms with Crippen molar-refractivity contribution in [1.29, 1.82) is 0 Å². The van der Waals surface area contributed by atoms with Crippen molar-refractivity contribution >= 4 is 5.91 Å². The average Bonchev–Trinajstić information content (AvgIpc) is 2.43. The third-order valence-electron chi connectivity index (χ3n) is 2.45. The Morgan fingerprint density at radius 2 is 2.06 bits per heavy atom. The number of carbonyl (C=O) groups excluding carboxylic acids is 1. The first-order chi connectivity index (χ1) is 7.76. The quantitative estimate of drug-likeness (QED) is 0.663. The van der Waals surface area contributed by atoms with Crippen molar-refractivity contribution in [3.8, 4) is 0 Å². The van der Waals surface area contributed by atoms with Crippen molar-refractivity contribution in [3.05, 3.63) is 0 Å². The Bertz CT molecular complexity index is 205. The molecule has 5 heteroatoms. The standard InChI is InChI=1S/C11H22N2O3/c1-3-15-11(16-4-2)9-13-7-5-6-12-10(14)8-13/h11H,3-9H2,1-2H3,(H,12,14). The molecule has 94 valence electrons. The minimum atomic E-state index is -0.221. The molecule has 1 fully saturated rings. The van der Waals surface area contributed by atoms with E-state index in [1.807, 2.05) is 13.8 Å². The highest BCUT2D eigenvalue weighted by Gasteiger charge is 2.19. The number of carbonyl (C=O) groups is 1. The summed E-state index contributed by atoms with van der Waals surface area (Å²) in [6.07, 6.45) is 0.761. The van der Waals surface area contributed by atoms with Gasteiger partial charge in [0.25, 0.3) is 0 Å². The summed E-state index contributed by atoms with van der Waals surface area (Å²) in [5.41, 5.74) is 0. The maximum absolute atomic E-state index is 11.4. The molecule has 0 aliphatic carbocycles. The van der Waals surface area contributed by atoms with Crippen LogP contribution in [0.5, 0.6) is 0 Å². The molecule has 5 nitrogen and oxygen atoms in total. The second kappa shape index (κ2) is 7.60. The molecule has 0 saturated carbocycles. The van der Waals surface area contributed by atoms with Crippen molar-refractivity contribution in [1.82, 2.24) is 10.2 Å². The molecular formula is C11H22N2O3. The maximum Gasteiger partial charge on any atom is 0.234 e. The van der Waals surface area contributed by atoms with Crippen molar-refractivity contribution < 1.29 is 14.3 Å². The van der Waals surface area contributed by atoms with Gasteiger partial charge in [-0.15, -0.1) is 0 Å². The molecule has 16 heavy (non-hydrogen) atoms. The summed E-state index contributed by atoms with van der Waals surface area (Å²) >= 11 is 0. The molecule has 0 aromatic carbocycles. The van der Waals surface area contributed by atoms with Crippen LogP contribution in [0.1, 0.15) is 20.3 Å². The van der Waals surface area contributed by atoms with Gasteiger partial charge < -0.3 is 14.8 Å². The zero-order chi connectivity index (χ0) is 11.8. The molecule has 0 unspecified atom stereocenters. The van der Waals surface area contributed by atoms with Crippen LogP contribution in [0.3, 0.4) is 0 Å². The molecule has 0 aromatic heterocycles. The fourth-order valence-corrected chi connectivity index (χ4v) is 1.76. The lowest BCUT2D eigenvalue weighted by Gasteiger charge is -2.24.